The van der Waals surface area contributed by atoms with E-state index in [0.29, 0.717) is 12.2 Å². The molecule has 70 valence electrons. The van der Waals surface area contributed by atoms with Gasteiger partial charge in [0, 0.05) is 12.2 Å². The topological polar surface area (TPSA) is 55.1 Å². The second-order valence-corrected chi connectivity index (χ2v) is 2.58. The van der Waals surface area contributed by atoms with Crippen molar-refractivity contribution in [1.29, 1.82) is 0 Å². The van der Waals surface area contributed by atoms with E-state index < -0.39 is 12.6 Å². The lowest BCUT2D eigenvalue weighted by molar-refractivity contribution is -0.117. The summed E-state index contributed by atoms with van der Waals surface area (Å²) in [6.07, 6.45) is 0. The average molecular weight is 182 g/mol. The maximum Gasteiger partial charge on any atom is 0.255 e. The molecule has 0 saturated heterocycles. The normalized spacial score (nSPS) is 9.69. The van der Waals surface area contributed by atoms with E-state index in [9.17, 15) is 9.18 Å². The van der Waals surface area contributed by atoms with Gasteiger partial charge in [0.25, 0.3) is 5.91 Å². The van der Waals surface area contributed by atoms with E-state index in [1.807, 2.05) is 0 Å². The molecule has 1 aromatic rings. The zero-order valence-corrected chi connectivity index (χ0v) is 7.09. The van der Waals surface area contributed by atoms with Gasteiger partial charge in [0.05, 0.1) is 0 Å². The van der Waals surface area contributed by atoms with Crippen LogP contribution >= 0.6 is 0 Å². The van der Waals surface area contributed by atoms with Gasteiger partial charge in [-0.2, -0.15) is 0 Å². The van der Waals surface area contributed by atoms with Gasteiger partial charge in [-0.15, -0.1) is 0 Å². The van der Waals surface area contributed by atoms with Crippen LogP contribution in [0.1, 0.15) is 5.56 Å². The molecule has 3 N–H and O–H groups in total. The van der Waals surface area contributed by atoms with Crippen LogP contribution in [-0.4, -0.2) is 12.6 Å². The molecule has 0 aliphatic rings. The lowest BCUT2D eigenvalue weighted by Crippen LogP contribution is -2.12. The second-order valence-electron chi connectivity index (χ2n) is 2.58. The molecule has 0 unspecified atom stereocenters. The Balaban J connectivity index is 2.64. The van der Waals surface area contributed by atoms with Gasteiger partial charge in [-0.25, -0.2) is 4.39 Å². The number of alkyl halides is 1. The summed E-state index contributed by atoms with van der Waals surface area (Å²) >= 11 is 0. The summed E-state index contributed by atoms with van der Waals surface area (Å²) in [5, 5.41) is 2.39. The van der Waals surface area contributed by atoms with E-state index in [1.54, 1.807) is 24.3 Å². The maximum absolute atomic E-state index is 11.8. The summed E-state index contributed by atoms with van der Waals surface area (Å²) in [5.74, 6) is -0.638. The molecular weight excluding hydrogens is 171 g/mol. The molecule has 0 aliphatic heterocycles. The predicted molar refractivity (Wildman–Crippen MR) is 48.9 cm³/mol. The zero-order chi connectivity index (χ0) is 9.68. The first kappa shape index (κ1) is 9.67. The zero-order valence-electron chi connectivity index (χ0n) is 7.09. The highest BCUT2D eigenvalue weighted by atomic mass is 19.1. The number of carbonyl (C=O) groups is 1. The maximum atomic E-state index is 11.8. The fraction of sp³-hybridized carbons (Fsp3) is 0.222. The Morgan fingerprint density at radius 3 is 2.46 bits per heavy atom. The Morgan fingerprint density at radius 2 is 2.00 bits per heavy atom. The summed E-state index contributed by atoms with van der Waals surface area (Å²) in [6, 6.07) is 6.95. The van der Waals surface area contributed by atoms with Crippen LogP contribution in [0.15, 0.2) is 24.3 Å². The number of carbonyl (C=O) groups excluding carboxylic acids is 1. The molecule has 0 bridgehead atoms. The third-order valence-electron chi connectivity index (χ3n) is 1.59. The van der Waals surface area contributed by atoms with Gasteiger partial charge in [0.1, 0.15) is 0 Å². The Hall–Kier alpha value is -1.42. The first-order valence-corrected chi connectivity index (χ1v) is 3.91. The number of rotatable bonds is 3. The van der Waals surface area contributed by atoms with Crippen molar-refractivity contribution in [3.8, 4) is 0 Å². The van der Waals surface area contributed by atoms with E-state index in [-0.39, 0.29) is 0 Å². The summed E-state index contributed by atoms with van der Waals surface area (Å²) in [4.78, 5) is 10.6. The molecule has 1 rings (SSSR count). The van der Waals surface area contributed by atoms with Gasteiger partial charge in [0.2, 0.25) is 0 Å². The Bertz CT molecular complexity index is 284. The molecule has 0 radical (unpaired) electrons. The van der Waals surface area contributed by atoms with E-state index in [0.717, 1.165) is 5.56 Å². The highest BCUT2D eigenvalue weighted by Gasteiger charge is 1.99. The lowest BCUT2D eigenvalue weighted by Gasteiger charge is -2.02. The largest absolute Gasteiger partial charge is 0.326 e. The molecule has 13 heavy (non-hydrogen) atoms. The quantitative estimate of drug-likeness (QED) is 0.734. The number of anilines is 1. The highest BCUT2D eigenvalue weighted by Crippen LogP contribution is 2.08. The third-order valence-corrected chi connectivity index (χ3v) is 1.59. The van der Waals surface area contributed by atoms with Gasteiger partial charge in [0.15, 0.2) is 6.67 Å². The van der Waals surface area contributed by atoms with Crippen molar-refractivity contribution in [2.24, 2.45) is 5.73 Å². The summed E-state index contributed by atoms with van der Waals surface area (Å²) < 4.78 is 11.8. The van der Waals surface area contributed by atoms with Crippen molar-refractivity contribution in [2.45, 2.75) is 6.54 Å². The van der Waals surface area contributed by atoms with Crippen LogP contribution in [0.5, 0.6) is 0 Å². The fourth-order valence-electron chi connectivity index (χ4n) is 0.919. The number of hydrogen-bond donors (Lipinski definition) is 2. The van der Waals surface area contributed by atoms with Crippen molar-refractivity contribution in [3.05, 3.63) is 29.8 Å². The van der Waals surface area contributed by atoms with Crippen LogP contribution in [0.4, 0.5) is 10.1 Å². The molecule has 0 spiro atoms. The second kappa shape index (κ2) is 4.57. The predicted octanol–water partition coefficient (Wildman–Crippen LogP) is 1.05. The molecule has 0 aromatic heterocycles. The van der Waals surface area contributed by atoms with Crippen LogP contribution in [0.3, 0.4) is 0 Å². The standard InChI is InChI=1S/C9H11FN2O/c10-5-9(13)12-8-3-1-7(6-11)2-4-8/h1-4H,5-6,11H2,(H,12,13). The number of amides is 1. The molecule has 0 atom stereocenters. The molecule has 4 heteroatoms. The fourth-order valence-corrected chi connectivity index (χ4v) is 0.919. The Morgan fingerprint density at radius 1 is 1.38 bits per heavy atom. The monoisotopic (exact) mass is 182 g/mol. The molecule has 1 amide bonds. The van der Waals surface area contributed by atoms with Crippen LogP contribution in [0, 0.1) is 0 Å². The van der Waals surface area contributed by atoms with Crippen LogP contribution in [0.25, 0.3) is 0 Å². The summed E-state index contributed by atoms with van der Waals surface area (Å²) in [6.45, 7) is -0.546. The van der Waals surface area contributed by atoms with Gasteiger partial charge in [-0.05, 0) is 17.7 Å². The molecular formula is C9H11FN2O. The number of nitrogens with one attached hydrogen (secondary N) is 1. The number of halogens is 1. The molecule has 0 saturated carbocycles. The highest BCUT2D eigenvalue weighted by molar-refractivity contribution is 5.91. The van der Waals surface area contributed by atoms with Gasteiger partial charge >= 0.3 is 0 Å². The molecule has 0 aliphatic carbocycles. The van der Waals surface area contributed by atoms with Crippen molar-refractivity contribution in [3.63, 3.8) is 0 Å². The van der Waals surface area contributed by atoms with Crippen LogP contribution in [-0.2, 0) is 11.3 Å². The number of benzene rings is 1. The van der Waals surface area contributed by atoms with E-state index in [2.05, 4.69) is 5.32 Å². The Kier molecular flexibility index (Phi) is 3.40. The van der Waals surface area contributed by atoms with Crippen molar-refractivity contribution < 1.29 is 9.18 Å². The minimum atomic E-state index is -1.00. The van der Waals surface area contributed by atoms with Crippen LogP contribution < -0.4 is 11.1 Å². The minimum absolute atomic E-state index is 0.456. The van der Waals surface area contributed by atoms with Gasteiger partial charge in [-0.1, -0.05) is 12.1 Å². The molecule has 1 aromatic carbocycles. The summed E-state index contributed by atoms with van der Waals surface area (Å²) in [5.41, 5.74) is 6.93. The number of hydrogen-bond acceptors (Lipinski definition) is 2. The summed E-state index contributed by atoms with van der Waals surface area (Å²) in [7, 11) is 0. The minimum Gasteiger partial charge on any atom is -0.326 e. The van der Waals surface area contributed by atoms with Crippen molar-refractivity contribution in [2.75, 3.05) is 12.0 Å². The lowest BCUT2D eigenvalue weighted by atomic mass is 10.2. The van der Waals surface area contributed by atoms with Crippen LogP contribution in [0.2, 0.25) is 0 Å². The van der Waals surface area contributed by atoms with Crippen molar-refractivity contribution >= 4 is 11.6 Å². The molecule has 0 fully saturated rings. The average Bonchev–Trinajstić information content (AvgIpc) is 2.19. The van der Waals surface area contributed by atoms with Gasteiger partial charge in [-0.3, -0.25) is 4.79 Å². The first-order valence-electron chi connectivity index (χ1n) is 3.91. The molecule has 0 heterocycles. The van der Waals surface area contributed by atoms with Crippen molar-refractivity contribution in [1.82, 2.24) is 0 Å². The SMILES string of the molecule is NCc1ccc(NC(=O)CF)cc1. The van der Waals surface area contributed by atoms with E-state index >= 15 is 0 Å². The van der Waals surface area contributed by atoms with E-state index in [1.165, 1.54) is 0 Å². The molecule has 3 nitrogen and oxygen atoms in total. The first-order chi connectivity index (χ1) is 6.26. The smallest absolute Gasteiger partial charge is 0.255 e. The van der Waals surface area contributed by atoms with Gasteiger partial charge < -0.3 is 11.1 Å². The number of nitrogens with two attached hydrogens (primary N) is 1. The Labute approximate surface area is 75.7 Å². The third kappa shape index (κ3) is 2.83. The van der Waals surface area contributed by atoms with E-state index in [4.69, 9.17) is 5.73 Å².